The molecular weight excluding hydrogens is 235 g/mol. The van der Waals surface area contributed by atoms with E-state index in [1.54, 1.807) is 0 Å². The summed E-state index contributed by atoms with van der Waals surface area (Å²) >= 11 is 0. The monoisotopic (exact) mass is 272 g/mol. The average molecular weight is 272 g/mol. The lowest BCUT2D eigenvalue weighted by atomic mass is 9.79. The molecule has 0 heterocycles. The van der Waals surface area contributed by atoms with E-state index in [0.717, 1.165) is 17.5 Å². The fourth-order valence-electron chi connectivity index (χ4n) is 3.18. The minimum atomic E-state index is 0.861. The summed E-state index contributed by atoms with van der Waals surface area (Å²) in [6, 6.07) is 0. The highest BCUT2D eigenvalue weighted by molar-refractivity contribution is 7.17. The Morgan fingerprint density at radius 2 is 1.39 bits per heavy atom. The van der Waals surface area contributed by atoms with Crippen LogP contribution < -0.4 is 0 Å². The van der Waals surface area contributed by atoms with Gasteiger partial charge < -0.3 is 0 Å². The van der Waals surface area contributed by atoms with E-state index in [-0.39, 0.29) is 0 Å². The van der Waals surface area contributed by atoms with Gasteiger partial charge in [-0.25, -0.2) is 0 Å². The van der Waals surface area contributed by atoms with Gasteiger partial charge in [-0.2, -0.15) is 0 Å². The van der Waals surface area contributed by atoms with Gasteiger partial charge in [-0.05, 0) is 30.3 Å². The second-order valence-corrected chi connectivity index (χ2v) is 6.78. The van der Waals surface area contributed by atoms with Crippen molar-refractivity contribution >= 4 is 9.24 Å². The van der Waals surface area contributed by atoms with E-state index in [2.05, 4.69) is 36.9 Å². The van der Waals surface area contributed by atoms with Gasteiger partial charge in [-0.1, -0.05) is 79.1 Å². The van der Waals surface area contributed by atoms with Crippen LogP contribution in [0, 0.1) is 11.8 Å². The standard InChI is InChI=1S/C17H37P/c1-5-9-11-14-17(18)16(13-10-6-2)15(8-4)12-7-3/h15-17H,5-14,18H2,1-4H3. The zero-order valence-electron chi connectivity index (χ0n) is 13.4. The maximum absolute atomic E-state index is 3.19. The molecule has 0 aliphatic heterocycles. The Kier molecular flexibility index (Phi) is 12.8. The molecule has 4 atom stereocenters. The second kappa shape index (κ2) is 12.5. The maximum Gasteiger partial charge on any atom is -0.0233 e. The molecule has 1 heteroatoms. The summed E-state index contributed by atoms with van der Waals surface area (Å²) in [5.74, 6) is 1.92. The van der Waals surface area contributed by atoms with Crippen molar-refractivity contribution in [1.29, 1.82) is 0 Å². The van der Waals surface area contributed by atoms with Gasteiger partial charge in [-0.15, -0.1) is 9.24 Å². The Balaban J connectivity index is 4.32. The topological polar surface area (TPSA) is 0 Å². The first kappa shape index (κ1) is 18.4. The highest BCUT2D eigenvalue weighted by Crippen LogP contribution is 2.34. The molecule has 0 aliphatic carbocycles. The average Bonchev–Trinajstić information content (AvgIpc) is 2.38. The Morgan fingerprint density at radius 3 is 1.89 bits per heavy atom. The van der Waals surface area contributed by atoms with E-state index < -0.39 is 0 Å². The SMILES string of the molecule is CCCCCC(P)C(CCCC)C(CC)CCC. The zero-order valence-corrected chi connectivity index (χ0v) is 14.5. The first-order valence-electron chi connectivity index (χ1n) is 8.46. The molecular formula is C17H37P. The van der Waals surface area contributed by atoms with Crippen LogP contribution in [0.2, 0.25) is 0 Å². The smallest absolute Gasteiger partial charge is 0.0233 e. The van der Waals surface area contributed by atoms with Crippen molar-refractivity contribution in [2.24, 2.45) is 11.8 Å². The lowest BCUT2D eigenvalue weighted by Crippen LogP contribution is -2.24. The molecule has 0 rings (SSSR count). The van der Waals surface area contributed by atoms with E-state index in [0.29, 0.717) is 0 Å². The third-order valence-corrected chi connectivity index (χ3v) is 5.20. The van der Waals surface area contributed by atoms with Crippen LogP contribution in [0.3, 0.4) is 0 Å². The van der Waals surface area contributed by atoms with Crippen LogP contribution >= 0.6 is 9.24 Å². The van der Waals surface area contributed by atoms with Crippen molar-refractivity contribution < 1.29 is 0 Å². The van der Waals surface area contributed by atoms with Crippen molar-refractivity contribution in [3.8, 4) is 0 Å². The van der Waals surface area contributed by atoms with Gasteiger partial charge in [0, 0.05) is 0 Å². The fraction of sp³-hybridized carbons (Fsp3) is 1.00. The number of hydrogen-bond donors (Lipinski definition) is 0. The van der Waals surface area contributed by atoms with Crippen molar-refractivity contribution in [2.75, 3.05) is 0 Å². The largest absolute Gasteiger partial charge is 0.134 e. The van der Waals surface area contributed by atoms with Crippen LogP contribution in [0.25, 0.3) is 0 Å². The van der Waals surface area contributed by atoms with Crippen LogP contribution in [-0.2, 0) is 0 Å². The zero-order chi connectivity index (χ0) is 13.8. The van der Waals surface area contributed by atoms with Gasteiger partial charge in [0.25, 0.3) is 0 Å². The molecule has 0 saturated carbocycles. The van der Waals surface area contributed by atoms with E-state index in [4.69, 9.17) is 0 Å². The molecule has 0 saturated heterocycles. The van der Waals surface area contributed by atoms with Crippen LogP contribution in [0.1, 0.15) is 91.9 Å². The Labute approximate surface area is 119 Å². The van der Waals surface area contributed by atoms with Crippen LogP contribution in [-0.4, -0.2) is 5.66 Å². The van der Waals surface area contributed by atoms with Gasteiger partial charge in [0.05, 0.1) is 0 Å². The highest BCUT2D eigenvalue weighted by atomic mass is 31.0. The molecule has 0 aromatic rings. The van der Waals surface area contributed by atoms with Gasteiger partial charge in [0.2, 0.25) is 0 Å². The first-order valence-corrected chi connectivity index (χ1v) is 9.13. The second-order valence-electron chi connectivity index (χ2n) is 5.92. The molecule has 0 radical (unpaired) electrons. The molecule has 4 unspecified atom stereocenters. The lowest BCUT2D eigenvalue weighted by Gasteiger charge is -2.31. The van der Waals surface area contributed by atoms with Crippen LogP contribution in [0.15, 0.2) is 0 Å². The lowest BCUT2D eigenvalue weighted by molar-refractivity contribution is 0.263. The molecule has 0 fully saturated rings. The Hall–Kier alpha value is 0.430. The summed E-state index contributed by atoms with van der Waals surface area (Å²) in [6.07, 6.45) is 14.0. The third-order valence-electron chi connectivity index (χ3n) is 4.37. The minimum absolute atomic E-state index is 0.861. The highest BCUT2D eigenvalue weighted by Gasteiger charge is 2.24. The quantitative estimate of drug-likeness (QED) is 0.283. The maximum atomic E-state index is 3.19. The Morgan fingerprint density at radius 1 is 0.722 bits per heavy atom. The van der Waals surface area contributed by atoms with Crippen molar-refractivity contribution in [3.05, 3.63) is 0 Å². The third kappa shape index (κ3) is 7.78. The predicted molar refractivity (Wildman–Crippen MR) is 89.3 cm³/mol. The van der Waals surface area contributed by atoms with E-state index >= 15 is 0 Å². The summed E-state index contributed by atoms with van der Waals surface area (Å²) in [5.41, 5.74) is 0.861. The molecule has 0 aromatic carbocycles. The molecule has 0 bridgehead atoms. The normalized spacial score (nSPS) is 16.5. The van der Waals surface area contributed by atoms with E-state index in [9.17, 15) is 0 Å². The molecule has 110 valence electrons. The van der Waals surface area contributed by atoms with Crippen LogP contribution in [0.5, 0.6) is 0 Å². The predicted octanol–water partition coefficient (Wildman–Crippen LogP) is 6.44. The van der Waals surface area contributed by atoms with Gasteiger partial charge in [0.1, 0.15) is 0 Å². The minimum Gasteiger partial charge on any atom is -0.134 e. The summed E-state index contributed by atoms with van der Waals surface area (Å²) in [4.78, 5) is 0. The first-order chi connectivity index (χ1) is 8.71. The van der Waals surface area contributed by atoms with E-state index in [1.807, 2.05) is 0 Å². The molecule has 0 spiro atoms. The molecule has 0 N–H and O–H groups in total. The summed E-state index contributed by atoms with van der Waals surface area (Å²) in [5, 5.41) is 0. The molecule has 0 aromatic heterocycles. The number of hydrogen-bond acceptors (Lipinski definition) is 0. The molecule has 0 nitrogen and oxygen atoms in total. The summed E-state index contributed by atoms with van der Waals surface area (Å²) in [7, 11) is 3.19. The number of rotatable bonds is 12. The van der Waals surface area contributed by atoms with Crippen molar-refractivity contribution in [3.63, 3.8) is 0 Å². The van der Waals surface area contributed by atoms with Gasteiger partial charge in [0.15, 0.2) is 0 Å². The number of unbranched alkanes of at least 4 members (excludes halogenated alkanes) is 3. The fourth-order valence-corrected chi connectivity index (χ4v) is 3.92. The van der Waals surface area contributed by atoms with Crippen LogP contribution in [0.4, 0.5) is 0 Å². The van der Waals surface area contributed by atoms with Crippen molar-refractivity contribution in [2.45, 2.75) is 97.6 Å². The summed E-state index contributed by atoms with van der Waals surface area (Å²) < 4.78 is 0. The van der Waals surface area contributed by atoms with Crippen molar-refractivity contribution in [1.82, 2.24) is 0 Å². The van der Waals surface area contributed by atoms with Gasteiger partial charge >= 0.3 is 0 Å². The molecule has 18 heavy (non-hydrogen) atoms. The Bertz CT molecular complexity index is 167. The molecule has 0 aliphatic rings. The summed E-state index contributed by atoms with van der Waals surface area (Å²) in [6.45, 7) is 9.36. The van der Waals surface area contributed by atoms with Gasteiger partial charge in [-0.3, -0.25) is 0 Å². The van der Waals surface area contributed by atoms with E-state index in [1.165, 1.54) is 64.2 Å². The molecule has 0 amide bonds.